The molecule has 114 valence electrons. The minimum Gasteiger partial charge on any atom is -0.493 e. The lowest BCUT2D eigenvalue weighted by Crippen LogP contribution is -2.87. The maximum Gasteiger partial charge on any atom is 0.165 e. The van der Waals surface area contributed by atoms with Crippen LogP contribution >= 0.6 is 0 Å². The third-order valence-electron chi connectivity index (χ3n) is 7.18. The molecule has 2 aliphatic heterocycles. The van der Waals surface area contributed by atoms with E-state index in [2.05, 4.69) is 24.1 Å². The van der Waals surface area contributed by atoms with Crippen LogP contribution < -0.4 is 9.47 Å². The van der Waals surface area contributed by atoms with Gasteiger partial charge in [0.2, 0.25) is 0 Å². The lowest BCUT2D eigenvalue weighted by atomic mass is 9.36. The standard InChI is InChI=1S/C18H19NO3/c1-19-10-7-9-3-4-12(21-2)14-13(9)18-8-17(19,15(10)18)6-5-11(20)16(18)22-14/h3-6,10-11,15-16,20H,7-8H2,1-2H3/t10-,11+,15?,16+,17?,18-/m1/s1. The van der Waals surface area contributed by atoms with Crippen LogP contribution in [0.2, 0.25) is 0 Å². The number of benzene rings is 1. The molecule has 6 atom stereocenters. The van der Waals surface area contributed by atoms with Crippen molar-refractivity contribution in [2.24, 2.45) is 5.92 Å². The molecule has 1 saturated carbocycles. The fourth-order valence-electron chi connectivity index (χ4n) is 6.43. The Morgan fingerprint density at radius 3 is 3.09 bits per heavy atom. The van der Waals surface area contributed by atoms with Crippen LogP contribution in [0.4, 0.5) is 0 Å². The van der Waals surface area contributed by atoms with Crippen LogP contribution in [0.3, 0.4) is 0 Å². The average Bonchev–Trinajstić information content (AvgIpc) is 2.75. The minimum atomic E-state index is -0.540. The van der Waals surface area contributed by atoms with Gasteiger partial charge < -0.3 is 14.6 Å². The van der Waals surface area contributed by atoms with Crippen molar-refractivity contribution in [1.29, 1.82) is 0 Å². The second kappa shape index (κ2) is 3.22. The van der Waals surface area contributed by atoms with E-state index in [1.54, 1.807) is 7.11 Å². The highest BCUT2D eigenvalue weighted by molar-refractivity contribution is 5.66. The summed E-state index contributed by atoms with van der Waals surface area (Å²) in [6.07, 6.45) is 5.65. The van der Waals surface area contributed by atoms with Gasteiger partial charge in [-0.25, -0.2) is 0 Å². The molecule has 7 rings (SSSR count). The van der Waals surface area contributed by atoms with Crippen LogP contribution in [0.15, 0.2) is 24.3 Å². The Balaban J connectivity index is 1.68. The number of hydrogen-bond donors (Lipinski definition) is 1. The molecule has 2 fully saturated rings. The summed E-state index contributed by atoms with van der Waals surface area (Å²) in [5, 5.41) is 10.7. The third kappa shape index (κ3) is 0.894. The normalized spacial score (nSPS) is 48.7. The molecule has 4 heteroatoms. The van der Waals surface area contributed by atoms with E-state index in [0.29, 0.717) is 12.0 Å². The lowest BCUT2D eigenvalue weighted by molar-refractivity contribution is -0.240. The SMILES string of the molecule is COc1ccc2c3c1O[C@H]1[C@@H](O)C=CC45C[C@]31C4[C@@H](C2)N5C. The number of fused-ring (bicyclic) bond motifs is 1. The number of methoxy groups -OCH3 is 1. The van der Waals surface area contributed by atoms with Gasteiger partial charge in [-0.15, -0.1) is 0 Å². The van der Waals surface area contributed by atoms with Gasteiger partial charge in [-0.3, -0.25) is 4.90 Å². The first kappa shape index (κ1) is 12.0. The van der Waals surface area contributed by atoms with E-state index in [-0.39, 0.29) is 17.1 Å². The number of rotatable bonds is 1. The van der Waals surface area contributed by atoms with E-state index in [4.69, 9.17) is 9.47 Å². The maximum atomic E-state index is 10.7. The van der Waals surface area contributed by atoms with Crippen molar-refractivity contribution in [2.45, 2.75) is 42.0 Å². The number of aliphatic hydroxyl groups is 1. The van der Waals surface area contributed by atoms with Gasteiger partial charge in [-0.1, -0.05) is 18.2 Å². The first-order chi connectivity index (χ1) is 10.6. The molecule has 22 heavy (non-hydrogen) atoms. The molecule has 1 aromatic carbocycles. The smallest absolute Gasteiger partial charge is 0.165 e. The predicted octanol–water partition coefficient (Wildman–Crippen LogP) is 1.25. The van der Waals surface area contributed by atoms with Gasteiger partial charge in [0.15, 0.2) is 11.5 Å². The Bertz CT molecular complexity index is 759. The van der Waals surface area contributed by atoms with Gasteiger partial charge in [-0.2, -0.15) is 0 Å². The van der Waals surface area contributed by atoms with E-state index < -0.39 is 6.10 Å². The molecule has 1 aromatic rings. The lowest BCUT2D eigenvalue weighted by Gasteiger charge is -2.78. The fraction of sp³-hybridized carbons (Fsp3) is 0.556. The maximum absolute atomic E-state index is 10.7. The molecule has 4 aliphatic carbocycles. The summed E-state index contributed by atoms with van der Waals surface area (Å²) in [6, 6.07) is 4.79. The molecule has 0 aromatic heterocycles. The van der Waals surface area contributed by atoms with Crippen molar-refractivity contribution < 1.29 is 14.6 Å². The van der Waals surface area contributed by atoms with Crippen LogP contribution in [-0.2, 0) is 11.8 Å². The molecular weight excluding hydrogens is 278 g/mol. The number of aliphatic hydroxyl groups excluding tert-OH is 1. The number of likely N-dealkylation sites (tertiary alicyclic amines) is 1. The molecule has 4 nitrogen and oxygen atoms in total. The highest BCUT2D eigenvalue weighted by Gasteiger charge is 2.82. The van der Waals surface area contributed by atoms with Crippen molar-refractivity contribution >= 4 is 0 Å². The highest BCUT2D eigenvalue weighted by atomic mass is 16.5. The summed E-state index contributed by atoms with van der Waals surface area (Å²) in [5.41, 5.74) is 2.85. The van der Waals surface area contributed by atoms with E-state index in [1.165, 1.54) is 11.1 Å². The van der Waals surface area contributed by atoms with Gasteiger partial charge in [0.25, 0.3) is 0 Å². The van der Waals surface area contributed by atoms with Gasteiger partial charge in [0, 0.05) is 28.5 Å². The Morgan fingerprint density at radius 1 is 1.41 bits per heavy atom. The van der Waals surface area contributed by atoms with E-state index >= 15 is 0 Å². The Labute approximate surface area is 129 Å². The van der Waals surface area contributed by atoms with Crippen LogP contribution in [0.5, 0.6) is 11.5 Å². The summed E-state index contributed by atoms with van der Waals surface area (Å²) >= 11 is 0. The van der Waals surface area contributed by atoms with Gasteiger partial charge in [-0.05, 0) is 31.5 Å². The third-order valence-corrected chi connectivity index (χ3v) is 7.18. The molecule has 2 spiro atoms. The number of piperidine rings is 1. The quantitative estimate of drug-likeness (QED) is 0.792. The van der Waals surface area contributed by atoms with Crippen LogP contribution in [-0.4, -0.2) is 48.0 Å². The van der Waals surface area contributed by atoms with Crippen molar-refractivity contribution in [2.75, 3.05) is 14.2 Å². The zero-order valence-corrected chi connectivity index (χ0v) is 12.7. The fourth-order valence-corrected chi connectivity index (χ4v) is 6.43. The molecule has 1 N–H and O–H groups in total. The number of ether oxygens (including phenoxy) is 2. The first-order valence-corrected chi connectivity index (χ1v) is 8.11. The van der Waals surface area contributed by atoms with Crippen molar-refractivity contribution in [3.05, 3.63) is 35.4 Å². The average molecular weight is 297 g/mol. The molecule has 0 radical (unpaired) electrons. The van der Waals surface area contributed by atoms with Gasteiger partial charge in [0.05, 0.1) is 7.11 Å². The van der Waals surface area contributed by atoms with Crippen LogP contribution in [0.25, 0.3) is 0 Å². The second-order valence-corrected chi connectivity index (χ2v) is 7.59. The monoisotopic (exact) mass is 297 g/mol. The highest BCUT2D eigenvalue weighted by Crippen LogP contribution is 2.76. The summed E-state index contributed by atoms with van der Waals surface area (Å²) in [6.45, 7) is 0. The number of hydrogen-bond acceptors (Lipinski definition) is 4. The first-order valence-electron chi connectivity index (χ1n) is 8.11. The van der Waals surface area contributed by atoms with E-state index in [1.807, 2.05) is 12.1 Å². The van der Waals surface area contributed by atoms with E-state index in [0.717, 1.165) is 24.3 Å². The number of nitrogens with zero attached hydrogens (tertiary/aromatic N) is 1. The molecule has 1 saturated heterocycles. The summed E-state index contributed by atoms with van der Waals surface area (Å²) < 4.78 is 11.8. The van der Waals surface area contributed by atoms with Crippen LogP contribution in [0, 0.1) is 5.92 Å². The molecule has 2 heterocycles. The van der Waals surface area contributed by atoms with Crippen molar-refractivity contribution in [3.8, 4) is 11.5 Å². The zero-order valence-electron chi connectivity index (χ0n) is 12.7. The summed E-state index contributed by atoms with van der Waals surface area (Å²) in [4.78, 5) is 2.51. The van der Waals surface area contributed by atoms with E-state index in [9.17, 15) is 5.11 Å². The molecule has 6 aliphatic rings. The summed E-state index contributed by atoms with van der Waals surface area (Å²) in [5.74, 6) is 2.27. The number of likely N-dealkylation sites (N-methyl/N-ethyl adjacent to an activating group) is 1. The Morgan fingerprint density at radius 2 is 2.27 bits per heavy atom. The van der Waals surface area contributed by atoms with Gasteiger partial charge in [0.1, 0.15) is 12.2 Å². The summed E-state index contributed by atoms with van der Waals surface area (Å²) in [7, 11) is 3.92. The van der Waals surface area contributed by atoms with Crippen LogP contribution in [0.1, 0.15) is 17.5 Å². The molecular formula is C18H19NO3. The zero-order chi connectivity index (χ0) is 14.9. The van der Waals surface area contributed by atoms with Crippen molar-refractivity contribution in [3.63, 3.8) is 0 Å². The van der Waals surface area contributed by atoms with Gasteiger partial charge >= 0.3 is 0 Å². The Kier molecular flexibility index (Phi) is 1.75. The topological polar surface area (TPSA) is 41.9 Å². The molecule has 2 bridgehead atoms. The predicted molar refractivity (Wildman–Crippen MR) is 80.3 cm³/mol. The van der Waals surface area contributed by atoms with Crippen molar-refractivity contribution in [1.82, 2.24) is 4.90 Å². The largest absolute Gasteiger partial charge is 0.493 e. The second-order valence-electron chi connectivity index (χ2n) is 7.59. The molecule has 0 amide bonds. The molecule has 2 unspecified atom stereocenters. The minimum absolute atomic E-state index is 0.0163. The Hall–Kier alpha value is -1.52.